The molecule has 0 spiro atoms. The number of carbonyl (C=O) groups is 2. The van der Waals surface area contributed by atoms with Crippen LogP contribution in [0, 0.1) is 11.3 Å². The molecule has 1 aliphatic carbocycles. The lowest BCUT2D eigenvalue weighted by atomic mass is 9.72. The van der Waals surface area contributed by atoms with Gasteiger partial charge in [-0.3, -0.25) is 9.59 Å². The Kier molecular flexibility index (Phi) is 6.56. The second kappa shape index (κ2) is 8.80. The van der Waals surface area contributed by atoms with Crippen LogP contribution in [-0.2, 0) is 17.6 Å². The number of rotatable bonds is 6. The first-order valence-electron chi connectivity index (χ1n) is 10.5. The second-order valence-electron chi connectivity index (χ2n) is 9.44. The van der Waals surface area contributed by atoms with Gasteiger partial charge in [0.25, 0.3) is 11.8 Å². The number of nitrogens with two attached hydrogens (primary N) is 1. The van der Waals surface area contributed by atoms with E-state index in [4.69, 9.17) is 10.5 Å². The number of hydrogen-bond donors (Lipinski definition) is 2. The molecule has 1 atom stereocenters. The van der Waals surface area contributed by atoms with Crippen molar-refractivity contribution >= 4 is 28.2 Å². The summed E-state index contributed by atoms with van der Waals surface area (Å²) in [5.74, 6) is 0.851. The maximum Gasteiger partial charge on any atom is 0.262 e. The van der Waals surface area contributed by atoms with E-state index in [-0.39, 0.29) is 17.9 Å². The maximum atomic E-state index is 12.5. The summed E-state index contributed by atoms with van der Waals surface area (Å²) in [4.78, 5) is 25.8. The van der Waals surface area contributed by atoms with Crippen LogP contribution in [0.4, 0.5) is 5.00 Å². The standard InChI is InChI=1S/C24H32N2O3S/c1-14(2)15-6-9-17(10-7-15)29-13-20(27)26-23-21(22(25)28)18-11-8-16(24(3,4)5)12-19(18)30-23/h6-7,9-10,14,16H,8,11-13H2,1-5H3,(H2,25,28)(H,26,27). The molecular formula is C24H32N2O3S. The topological polar surface area (TPSA) is 81.4 Å². The lowest BCUT2D eigenvalue weighted by Crippen LogP contribution is -2.27. The first kappa shape index (κ1) is 22.3. The zero-order valence-electron chi connectivity index (χ0n) is 18.5. The van der Waals surface area contributed by atoms with Crippen LogP contribution >= 0.6 is 11.3 Å². The molecule has 0 saturated heterocycles. The molecule has 5 nitrogen and oxygen atoms in total. The molecule has 1 aromatic heterocycles. The molecule has 2 amide bonds. The Morgan fingerprint density at radius 3 is 2.47 bits per heavy atom. The Labute approximate surface area is 183 Å². The lowest BCUT2D eigenvalue weighted by molar-refractivity contribution is -0.118. The molecule has 0 fully saturated rings. The first-order chi connectivity index (χ1) is 14.1. The highest BCUT2D eigenvalue weighted by atomic mass is 32.1. The van der Waals surface area contributed by atoms with Crippen LogP contribution in [0.1, 0.15) is 73.3 Å². The van der Waals surface area contributed by atoms with Crippen LogP contribution in [0.3, 0.4) is 0 Å². The second-order valence-corrected chi connectivity index (χ2v) is 10.5. The van der Waals surface area contributed by atoms with Crippen LogP contribution in [0.5, 0.6) is 5.75 Å². The number of benzene rings is 1. The minimum absolute atomic E-state index is 0.119. The van der Waals surface area contributed by atoms with E-state index in [2.05, 4.69) is 39.9 Å². The van der Waals surface area contributed by atoms with Crippen LogP contribution in [0.25, 0.3) is 0 Å². The molecule has 2 aromatic rings. The molecule has 0 saturated carbocycles. The first-order valence-corrected chi connectivity index (χ1v) is 11.3. The third-order valence-corrected chi connectivity index (χ3v) is 7.08. The van der Waals surface area contributed by atoms with Crippen LogP contribution in [0.15, 0.2) is 24.3 Å². The monoisotopic (exact) mass is 428 g/mol. The number of thiophene rings is 1. The fraction of sp³-hybridized carbons (Fsp3) is 0.500. The van der Waals surface area contributed by atoms with E-state index in [1.165, 1.54) is 16.9 Å². The average Bonchev–Trinajstić information content (AvgIpc) is 3.03. The number of ether oxygens (including phenoxy) is 1. The quantitative estimate of drug-likeness (QED) is 0.668. The van der Waals surface area contributed by atoms with E-state index in [1.54, 1.807) is 0 Å². The van der Waals surface area contributed by atoms with Gasteiger partial charge in [0.05, 0.1) is 5.56 Å². The molecule has 1 unspecified atom stereocenters. The number of fused-ring (bicyclic) bond motifs is 1. The molecule has 30 heavy (non-hydrogen) atoms. The van der Waals surface area contributed by atoms with Gasteiger partial charge in [-0.1, -0.05) is 46.8 Å². The Morgan fingerprint density at radius 1 is 1.23 bits per heavy atom. The summed E-state index contributed by atoms with van der Waals surface area (Å²) in [5, 5.41) is 3.40. The Morgan fingerprint density at radius 2 is 1.90 bits per heavy atom. The van der Waals surface area contributed by atoms with Crippen molar-refractivity contribution in [3.8, 4) is 5.75 Å². The molecule has 1 heterocycles. The number of nitrogens with one attached hydrogen (secondary N) is 1. The maximum absolute atomic E-state index is 12.5. The third-order valence-electron chi connectivity index (χ3n) is 5.91. The van der Waals surface area contributed by atoms with E-state index in [1.807, 2.05) is 24.3 Å². The van der Waals surface area contributed by atoms with Crippen LogP contribution < -0.4 is 15.8 Å². The van der Waals surface area contributed by atoms with Crippen molar-refractivity contribution in [3.63, 3.8) is 0 Å². The summed E-state index contributed by atoms with van der Waals surface area (Å²) >= 11 is 1.48. The van der Waals surface area contributed by atoms with Gasteiger partial charge < -0.3 is 15.8 Å². The fourth-order valence-corrected chi connectivity index (χ4v) is 5.28. The SMILES string of the molecule is CC(C)c1ccc(OCC(=O)Nc2sc3c(c2C(N)=O)CCC(C(C)(C)C)C3)cc1. The predicted molar refractivity (Wildman–Crippen MR) is 122 cm³/mol. The predicted octanol–water partition coefficient (Wildman–Crippen LogP) is 5.14. The Bertz CT molecular complexity index is 923. The van der Waals surface area contributed by atoms with Crippen molar-refractivity contribution in [2.24, 2.45) is 17.1 Å². The molecule has 6 heteroatoms. The number of amides is 2. The summed E-state index contributed by atoms with van der Waals surface area (Å²) in [6.45, 7) is 10.9. The van der Waals surface area contributed by atoms with Gasteiger partial charge in [0.1, 0.15) is 10.8 Å². The van der Waals surface area contributed by atoms with Crippen molar-refractivity contribution in [1.29, 1.82) is 0 Å². The number of anilines is 1. The van der Waals surface area contributed by atoms with Gasteiger partial charge in [-0.15, -0.1) is 11.3 Å². The summed E-state index contributed by atoms with van der Waals surface area (Å²) in [7, 11) is 0. The molecule has 0 bridgehead atoms. The van der Waals surface area contributed by atoms with Crippen molar-refractivity contribution < 1.29 is 14.3 Å². The summed E-state index contributed by atoms with van der Waals surface area (Å²) in [6.07, 6.45) is 2.76. The van der Waals surface area contributed by atoms with Crippen LogP contribution in [-0.4, -0.2) is 18.4 Å². The van der Waals surface area contributed by atoms with E-state index in [0.29, 0.717) is 28.1 Å². The van der Waals surface area contributed by atoms with Gasteiger partial charge in [-0.25, -0.2) is 0 Å². The Hall–Kier alpha value is -2.34. The van der Waals surface area contributed by atoms with E-state index in [0.717, 1.165) is 29.7 Å². The smallest absolute Gasteiger partial charge is 0.262 e. The molecule has 0 radical (unpaired) electrons. The molecule has 3 rings (SSSR count). The minimum Gasteiger partial charge on any atom is -0.484 e. The molecule has 3 N–H and O–H groups in total. The minimum atomic E-state index is -0.484. The largest absolute Gasteiger partial charge is 0.484 e. The number of hydrogen-bond acceptors (Lipinski definition) is 4. The molecule has 1 aliphatic rings. The van der Waals surface area contributed by atoms with Gasteiger partial charge in [-0.05, 0) is 59.8 Å². The summed E-state index contributed by atoms with van der Waals surface area (Å²) in [6, 6.07) is 7.74. The highest BCUT2D eigenvalue weighted by Crippen LogP contribution is 2.44. The lowest BCUT2D eigenvalue weighted by Gasteiger charge is -2.33. The zero-order chi connectivity index (χ0) is 22.1. The number of primary amides is 1. The van der Waals surface area contributed by atoms with E-state index in [9.17, 15) is 9.59 Å². The zero-order valence-corrected chi connectivity index (χ0v) is 19.3. The van der Waals surface area contributed by atoms with E-state index < -0.39 is 5.91 Å². The van der Waals surface area contributed by atoms with Crippen molar-refractivity contribution in [3.05, 3.63) is 45.8 Å². The van der Waals surface area contributed by atoms with Gasteiger partial charge in [0, 0.05) is 4.88 Å². The third kappa shape index (κ3) is 5.04. The molecule has 0 aliphatic heterocycles. The molecule has 162 valence electrons. The molecular weight excluding hydrogens is 396 g/mol. The van der Waals surface area contributed by atoms with E-state index >= 15 is 0 Å². The summed E-state index contributed by atoms with van der Waals surface area (Å²) in [5.41, 5.74) is 8.57. The van der Waals surface area contributed by atoms with Gasteiger partial charge in [0.2, 0.25) is 0 Å². The normalized spacial score (nSPS) is 16.3. The highest BCUT2D eigenvalue weighted by molar-refractivity contribution is 7.17. The van der Waals surface area contributed by atoms with Crippen molar-refractivity contribution in [2.45, 2.75) is 59.8 Å². The Balaban J connectivity index is 1.69. The average molecular weight is 429 g/mol. The van der Waals surface area contributed by atoms with Gasteiger partial charge >= 0.3 is 0 Å². The van der Waals surface area contributed by atoms with Crippen molar-refractivity contribution in [1.82, 2.24) is 0 Å². The van der Waals surface area contributed by atoms with Gasteiger partial charge in [0.15, 0.2) is 6.61 Å². The van der Waals surface area contributed by atoms with Crippen molar-refractivity contribution in [2.75, 3.05) is 11.9 Å². The van der Waals surface area contributed by atoms with Gasteiger partial charge in [-0.2, -0.15) is 0 Å². The molecule has 1 aromatic carbocycles. The number of carbonyl (C=O) groups excluding carboxylic acids is 2. The summed E-state index contributed by atoms with van der Waals surface area (Å²) < 4.78 is 5.62. The fourth-order valence-electron chi connectivity index (χ4n) is 3.93. The van der Waals surface area contributed by atoms with Crippen LogP contribution in [0.2, 0.25) is 0 Å². The highest BCUT2D eigenvalue weighted by Gasteiger charge is 2.33.